The second kappa shape index (κ2) is 8.60. The van der Waals surface area contributed by atoms with Crippen LogP contribution in [0, 0.1) is 0 Å². The van der Waals surface area contributed by atoms with Crippen molar-refractivity contribution in [1.29, 1.82) is 0 Å². The first-order chi connectivity index (χ1) is 16.1. The molecule has 1 N–H and O–H groups in total. The van der Waals surface area contributed by atoms with Gasteiger partial charge >= 0.3 is 0 Å². The Balaban J connectivity index is 1.70. The van der Waals surface area contributed by atoms with Crippen molar-refractivity contribution in [1.82, 2.24) is 4.90 Å². The van der Waals surface area contributed by atoms with E-state index in [0.717, 1.165) is 16.3 Å². The minimum atomic E-state index is -0.751. The van der Waals surface area contributed by atoms with Gasteiger partial charge in [-0.1, -0.05) is 42.5 Å². The summed E-state index contributed by atoms with van der Waals surface area (Å²) >= 11 is 0. The molecule has 2 heterocycles. The van der Waals surface area contributed by atoms with E-state index >= 15 is 0 Å². The van der Waals surface area contributed by atoms with E-state index in [0.29, 0.717) is 30.3 Å². The predicted molar refractivity (Wildman–Crippen MR) is 122 cm³/mol. The summed E-state index contributed by atoms with van der Waals surface area (Å²) in [5, 5.41) is 13.2. The molecule has 0 saturated carbocycles. The standard InChI is InChI=1S/C26H23NO6/c1-31-12-11-27-23(19-8-4-6-16-5-2-3-7-18(16)19)22(25(29)26(27)30)24(28)17-9-10-20-21(15-17)33-14-13-32-20/h2-10,15,23,28H,11-14H2,1H3/b24-22+. The van der Waals surface area contributed by atoms with Gasteiger partial charge in [-0.25, -0.2) is 0 Å². The summed E-state index contributed by atoms with van der Waals surface area (Å²) in [6, 6.07) is 17.7. The van der Waals surface area contributed by atoms with Gasteiger partial charge in [0.15, 0.2) is 11.5 Å². The fourth-order valence-corrected chi connectivity index (χ4v) is 4.46. The van der Waals surface area contributed by atoms with Crippen LogP contribution >= 0.6 is 0 Å². The Kier molecular flexibility index (Phi) is 5.48. The third-order valence-electron chi connectivity index (χ3n) is 6.01. The van der Waals surface area contributed by atoms with Crippen LogP contribution in [-0.4, -0.2) is 55.2 Å². The number of likely N-dealkylation sites (tertiary alicyclic amines) is 1. The van der Waals surface area contributed by atoms with Crippen LogP contribution in [0.15, 0.2) is 66.2 Å². The molecule has 33 heavy (non-hydrogen) atoms. The lowest BCUT2D eigenvalue weighted by Crippen LogP contribution is -2.32. The Morgan fingerprint density at radius 1 is 1.03 bits per heavy atom. The highest BCUT2D eigenvalue weighted by molar-refractivity contribution is 6.46. The second-order valence-corrected chi connectivity index (χ2v) is 7.91. The number of ketones is 1. The molecule has 0 spiro atoms. The van der Waals surface area contributed by atoms with Crippen molar-refractivity contribution in [2.75, 3.05) is 33.5 Å². The number of ether oxygens (including phenoxy) is 3. The largest absolute Gasteiger partial charge is 0.507 e. The Bertz CT molecular complexity index is 1280. The van der Waals surface area contributed by atoms with Crippen molar-refractivity contribution < 1.29 is 28.9 Å². The van der Waals surface area contributed by atoms with E-state index in [1.165, 1.54) is 4.90 Å². The van der Waals surface area contributed by atoms with Gasteiger partial charge in [-0.2, -0.15) is 0 Å². The Morgan fingerprint density at radius 2 is 1.79 bits per heavy atom. The van der Waals surface area contributed by atoms with Crippen LogP contribution in [0.2, 0.25) is 0 Å². The van der Waals surface area contributed by atoms with E-state index in [1.54, 1.807) is 25.3 Å². The SMILES string of the molecule is COCCN1C(=O)C(=O)/C(=C(/O)c2ccc3c(c2)OCCO3)C1c1cccc2ccccc12. The number of hydrogen-bond acceptors (Lipinski definition) is 6. The van der Waals surface area contributed by atoms with Gasteiger partial charge in [-0.15, -0.1) is 0 Å². The van der Waals surface area contributed by atoms with E-state index < -0.39 is 17.7 Å². The number of rotatable bonds is 5. The van der Waals surface area contributed by atoms with Crippen LogP contribution in [-0.2, 0) is 14.3 Å². The van der Waals surface area contributed by atoms with Crippen molar-refractivity contribution >= 4 is 28.2 Å². The molecule has 0 aliphatic carbocycles. The van der Waals surface area contributed by atoms with Gasteiger partial charge in [0.25, 0.3) is 11.7 Å². The number of amides is 1. The van der Waals surface area contributed by atoms with Crippen molar-refractivity contribution in [3.63, 3.8) is 0 Å². The molecule has 0 radical (unpaired) electrons. The molecule has 1 amide bonds. The van der Waals surface area contributed by atoms with Crippen molar-refractivity contribution in [2.24, 2.45) is 0 Å². The second-order valence-electron chi connectivity index (χ2n) is 7.91. The van der Waals surface area contributed by atoms with Crippen LogP contribution in [0.1, 0.15) is 17.2 Å². The number of nitrogens with zero attached hydrogens (tertiary/aromatic N) is 1. The molecular formula is C26H23NO6. The molecule has 1 atom stereocenters. The minimum absolute atomic E-state index is 0.0455. The summed E-state index contributed by atoms with van der Waals surface area (Å²) in [6.45, 7) is 1.32. The summed E-state index contributed by atoms with van der Waals surface area (Å²) in [6.07, 6.45) is 0. The monoisotopic (exact) mass is 445 g/mol. The molecule has 7 nitrogen and oxygen atoms in total. The van der Waals surface area contributed by atoms with E-state index in [-0.39, 0.29) is 24.5 Å². The lowest BCUT2D eigenvalue weighted by atomic mass is 9.91. The van der Waals surface area contributed by atoms with Crippen LogP contribution < -0.4 is 9.47 Å². The summed E-state index contributed by atoms with van der Waals surface area (Å²) in [5.74, 6) is -0.576. The molecule has 2 aliphatic rings. The number of Topliss-reactive ketones (excluding diaryl/α,β-unsaturated/α-hetero) is 1. The number of methoxy groups -OCH3 is 1. The number of hydrogen-bond donors (Lipinski definition) is 1. The average molecular weight is 445 g/mol. The van der Waals surface area contributed by atoms with Crippen LogP contribution in [0.4, 0.5) is 0 Å². The molecule has 5 rings (SSSR count). The van der Waals surface area contributed by atoms with Gasteiger partial charge in [0.05, 0.1) is 18.2 Å². The highest BCUT2D eigenvalue weighted by Gasteiger charge is 2.46. The Morgan fingerprint density at radius 3 is 2.61 bits per heavy atom. The molecule has 7 heteroatoms. The smallest absolute Gasteiger partial charge is 0.295 e. The Hall–Kier alpha value is -3.84. The van der Waals surface area contributed by atoms with Gasteiger partial charge in [-0.3, -0.25) is 9.59 Å². The van der Waals surface area contributed by atoms with Gasteiger partial charge in [-0.05, 0) is 34.5 Å². The fourth-order valence-electron chi connectivity index (χ4n) is 4.46. The minimum Gasteiger partial charge on any atom is -0.507 e. The predicted octanol–water partition coefficient (Wildman–Crippen LogP) is 3.68. The highest BCUT2D eigenvalue weighted by Crippen LogP contribution is 2.42. The molecule has 1 unspecified atom stereocenters. The number of benzene rings is 3. The first-order valence-electron chi connectivity index (χ1n) is 10.7. The number of carbonyl (C=O) groups is 2. The highest BCUT2D eigenvalue weighted by atomic mass is 16.6. The fraction of sp³-hybridized carbons (Fsp3) is 0.231. The third kappa shape index (κ3) is 3.60. The summed E-state index contributed by atoms with van der Waals surface area (Å²) in [4.78, 5) is 27.7. The number of carbonyl (C=O) groups excluding carboxylic acids is 2. The number of aliphatic hydroxyl groups is 1. The van der Waals surface area contributed by atoms with E-state index in [4.69, 9.17) is 14.2 Å². The maximum absolute atomic E-state index is 13.2. The summed E-state index contributed by atoms with van der Waals surface area (Å²) in [7, 11) is 1.54. The number of fused-ring (bicyclic) bond motifs is 2. The molecule has 2 aliphatic heterocycles. The first kappa shape index (κ1) is 21.0. The molecule has 3 aromatic rings. The molecule has 0 bridgehead atoms. The molecular weight excluding hydrogens is 422 g/mol. The molecule has 1 saturated heterocycles. The van der Waals surface area contributed by atoms with Crippen molar-refractivity contribution in [3.8, 4) is 11.5 Å². The first-order valence-corrected chi connectivity index (χ1v) is 10.7. The van der Waals surface area contributed by atoms with E-state index in [1.807, 2.05) is 42.5 Å². The van der Waals surface area contributed by atoms with Crippen molar-refractivity contribution in [3.05, 3.63) is 77.4 Å². The topological polar surface area (TPSA) is 85.3 Å². The van der Waals surface area contributed by atoms with Gasteiger partial charge < -0.3 is 24.2 Å². The molecule has 168 valence electrons. The zero-order chi connectivity index (χ0) is 22.9. The molecule has 0 aromatic heterocycles. The Labute approximate surface area is 190 Å². The van der Waals surface area contributed by atoms with E-state index in [2.05, 4.69) is 0 Å². The lowest BCUT2D eigenvalue weighted by Gasteiger charge is -2.26. The normalized spacial score (nSPS) is 19.3. The number of aliphatic hydroxyl groups excluding tert-OH is 1. The van der Waals surface area contributed by atoms with E-state index in [9.17, 15) is 14.7 Å². The third-order valence-corrected chi connectivity index (χ3v) is 6.01. The van der Waals surface area contributed by atoms with Crippen LogP contribution in [0.3, 0.4) is 0 Å². The summed E-state index contributed by atoms with van der Waals surface area (Å²) in [5.41, 5.74) is 1.20. The zero-order valence-corrected chi connectivity index (χ0v) is 18.1. The average Bonchev–Trinajstić information content (AvgIpc) is 3.11. The van der Waals surface area contributed by atoms with Gasteiger partial charge in [0.2, 0.25) is 0 Å². The maximum Gasteiger partial charge on any atom is 0.295 e. The summed E-state index contributed by atoms with van der Waals surface area (Å²) < 4.78 is 16.4. The molecule has 3 aromatic carbocycles. The van der Waals surface area contributed by atoms with Gasteiger partial charge in [0.1, 0.15) is 19.0 Å². The lowest BCUT2D eigenvalue weighted by molar-refractivity contribution is -0.140. The quantitative estimate of drug-likeness (QED) is 0.366. The molecule has 1 fully saturated rings. The van der Waals surface area contributed by atoms with Crippen LogP contribution in [0.5, 0.6) is 11.5 Å². The maximum atomic E-state index is 13.2. The van der Waals surface area contributed by atoms with Crippen molar-refractivity contribution in [2.45, 2.75) is 6.04 Å². The van der Waals surface area contributed by atoms with Gasteiger partial charge in [0, 0.05) is 19.2 Å². The zero-order valence-electron chi connectivity index (χ0n) is 18.1. The van der Waals surface area contributed by atoms with Crippen LogP contribution in [0.25, 0.3) is 16.5 Å².